The summed E-state index contributed by atoms with van der Waals surface area (Å²) in [5.41, 5.74) is 3.27. The molecule has 3 aromatic rings. The molecule has 0 amide bonds. The quantitative estimate of drug-likeness (QED) is 0.437. The summed E-state index contributed by atoms with van der Waals surface area (Å²) in [4.78, 5) is 9.71. The molecule has 2 heterocycles. The summed E-state index contributed by atoms with van der Waals surface area (Å²) in [5.74, 6) is 6.96. The average Bonchev–Trinajstić information content (AvgIpc) is 2.96. The number of benzene rings is 1. The maximum absolute atomic E-state index is 5.85. The molecule has 5 nitrogen and oxygen atoms in total. The fourth-order valence-corrected chi connectivity index (χ4v) is 2.89. The van der Waals surface area contributed by atoms with Gasteiger partial charge in [-0.05, 0) is 42.0 Å². The van der Waals surface area contributed by atoms with Crippen molar-refractivity contribution in [1.82, 2.24) is 9.97 Å². The van der Waals surface area contributed by atoms with Crippen LogP contribution in [0.3, 0.4) is 0 Å². The smallest absolute Gasteiger partial charge is 0.242 e. The monoisotopic (exact) mass is 304 g/mol. The van der Waals surface area contributed by atoms with Crippen LogP contribution in [0.15, 0.2) is 40.6 Å². The van der Waals surface area contributed by atoms with E-state index in [4.69, 9.17) is 10.6 Å². The van der Waals surface area contributed by atoms with Crippen molar-refractivity contribution in [2.24, 2.45) is 5.84 Å². The van der Waals surface area contributed by atoms with Crippen LogP contribution in [0.5, 0.6) is 11.6 Å². The summed E-state index contributed by atoms with van der Waals surface area (Å²) in [5, 5.41) is 1.95. The van der Waals surface area contributed by atoms with Crippen molar-refractivity contribution in [3.05, 3.63) is 35.7 Å². The van der Waals surface area contributed by atoms with Gasteiger partial charge in [0.05, 0.1) is 5.52 Å². The van der Waals surface area contributed by atoms with Gasteiger partial charge in [-0.3, -0.25) is 5.43 Å². The van der Waals surface area contributed by atoms with Gasteiger partial charge in [-0.1, -0.05) is 0 Å². The lowest BCUT2D eigenvalue weighted by molar-refractivity contribution is 0.469. The van der Waals surface area contributed by atoms with Crippen LogP contribution in [0.4, 0.5) is 5.95 Å². The van der Waals surface area contributed by atoms with Crippen LogP contribution in [0.1, 0.15) is 0 Å². The molecule has 0 aliphatic heterocycles. The van der Waals surface area contributed by atoms with Gasteiger partial charge in [-0.25, -0.2) is 10.8 Å². The standard InChI is InChI=1S/C13H12N4OS2/c1-19-9-4-2-8(3-5-9)18-12-11-10(6-7-20-11)15-13(16-12)17-14/h2-7H,14H2,1H3,(H,15,16,17). The molecule has 3 N–H and O–H groups in total. The number of rotatable bonds is 4. The van der Waals surface area contributed by atoms with E-state index in [0.29, 0.717) is 11.8 Å². The fourth-order valence-electron chi connectivity index (χ4n) is 1.73. The third-order valence-electron chi connectivity index (χ3n) is 2.68. The van der Waals surface area contributed by atoms with Gasteiger partial charge in [-0.15, -0.1) is 23.1 Å². The molecular weight excluding hydrogens is 292 g/mol. The number of ether oxygens (including phenoxy) is 1. The largest absolute Gasteiger partial charge is 0.437 e. The Kier molecular flexibility index (Phi) is 3.72. The number of thiophene rings is 1. The van der Waals surface area contributed by atoms with Gasteiger partial charge in [0.25, 0.3) is 0 Å². The zero-order valence-corrected chi connectivity index (χ0v) is 12.3. The van der Waals surface area contributed by atoms with Crippen LogP contribution in [0.25, 0.3) is 10.2 Å². The third-order valence-corrected chi connectivity index (χ3v) is 4.31. The van der Waals surface area contributed by atoms with Crippen LogP contribution in [-0.2, 0) is 0 Å². The third kappa shape index (κ3) is 2.55. The molecule has 0 saturated heterocycles. The van der Waals surface area contributed by atoms with Crippen molar-refractivity contribution in [2.75, 3.05) is 11.7 Å². The van der Waals surface area contributed by atoms with Crippen LogP contribution >= 0.6 is 23.1 Å². The van der Waals surface area contributed by atoms with Crippen LogP contribution in [0.2, 0.25) is 0 Å². The van der Waals surface area contributed by atoms with Gasteiger partial charge in [0, 0.05) is 4.90 Å². The lowest BCUT2D eigenvalue weighted by atomic mass is 10.3. The zero-order chi connectivity index (χ0) is 13.9. The van der Waals surface area contributed by atoms with E-state index in [1.54, 1.807) is 11.8 Å². The predicted octanol–water partition coefficient (Wildman–Crippen LogP) is 3.49. The summed E-state index contributed by atoms with van der Waals surface area (Å²) in [6.07, 6.45) is 2.04. The Morgan fingerprint density at radius 1 is 1.20 bits per heavy atom. The summed E-state index contributed by atoms with van der Waals surface area (Å²) in [7, 11) is 0. The van der Waals surface area contributed by atoms with Crippen LogP contribution in [-0.4, -0.2) is 16.2 Å². The molecule has 0 aliphatic carbocycles. The van der Waals surface area contributed by atoms with Gasteiger partial charge < -0.3 is 4.74 Å². The van der Waals surface area contributed by atoms with Gasteiger partial charge in [0.1, 0.15) is 10.4 Å². The Balaban J connectivity index is 1.98. The van der Waals surface area contributed by atoms with E-state index in [2.05, 4.69) is 15.4 Å². The molecule has 0 unspecified atom stereocenters. The first-order valence-corrected chi connectivity index (χ1v) is 7.94. The summed E-state index contributed by atoms with van der Waals surface area (Å²) >= 11 is 3.23. The lowest BCUT2D eigenvalue weighted by Gasteiger charge is -2.07. The van der Waals surface area contributed by atoms with Crippen molar-refractivity contribution in [1.29, 1.82) is 0 Å². The molecule has 7 heteroatoms. The van der Waals surface area contributed by atoms with Gasteiger partial charge in [-0.2, -0.15) is 4.98 Å². The van der Waals surface area contributed by atoms with Crippen molar-refractivity contribution in [3.8, 4) is 11.6 Å². The molecular formula is C13H12N4OS2. The second-order valence-corrected chi connectivity index (χ2v) is 5.71. The Labute approximate surface area is 124 Å². The SMILES string of the molecule is CSc1ccc(Oc2nc(NN)nc3ccsc23)cc1. The number of hydrogen-bond donors (Lipinski definition) is 2. The molecule has 0 radical (unpaired) electrons. The first kappa shape index (κ1) is 13.2. The number of hydrogen-bond acceptors (Lipinski definition) is 7. The number of nitrogen functional groups attached to an aromatic ring is 1. The predicted molar refractivity (Wildman–Crippen MR) is 83.5 cm³/mol. The van der Waals surface area contributed by atoms with Crippen molar-refractivity contribution < 1.29 is 4.74 Å². The van der Waals surface area contributed by atoms with Crippen LogP contribution in [0, 0.1) is 0 Å². The Bertz CT molecular complexity index is 727. The topological polar surface area (TPSA) is 73.1 Å². The van der Waals surface area contributed by atoms with Gasteiger partial charge in [0.2, 0.25) is 11.8 Å². The number of aromatic nitrogens is 2. The normalized spacial score (nSPS) is 10.7. The highest BCUT2D eigenvalue weighted by Crippen LogP contribution is 2.32. The summed E-state index contributed by atoms with van der Waals surface area (Å²) < 4.78 is 6.75. The van der Waals surface area contributed by atoms with Gasteiger partial charge >= 0.3 is 0 Å². The molecule has 0 bridgehead atoms. The minimum absolute atomic E-state index is 0.339. The first-order chi connectivity index (χ1) is 9.80. The highest BCUT2D eigenvalue weighted by molar-refractivity contribution is 7.98. The van der Waals surface area contributed by atoms with E-state index in [9.17, 15) is 0 Å². The number of nitrogens with one attached hydrogen (secondary N) is 1. The second kappa shape index (κ2) is 5.66. The number of hydrazine groups is 1. The van der Waals surface area contributed by atoms with E-state index in [0.717, 1.165) is 16.0 Å². The van der Waals surface area contributed by atoms with E-state index >= 15 is 0 Å². The molecule has 0 saturated carbocycles. The van der Waals surface area contributed by atoms with Gasteiger partial charge in [0.15, 0.2) is 0 Å². The molecule has 102 valence electrons. The Hall–Kier alpha value is -1.83. The lowest BCUT2D eigenvalue weighted by Crippen LogP contribution is -2.10. The maximum Gasteiger partial charge on any atom is 0.242 e. The minimum Gasteiger partial charge on any atom is -0.437 e. The van der Waals surface area contributed by atoms with E-state index in [-0.39, 0.29) is 0 Å². The molecule has 0 aliphatic rings. The number of fused-ring (bicyclic) bond motifs is 1. The van der Waals surface area contributed by atoms with Crippen molar-refractivity contribution in [3.63, 3.8) is 0 Å². The van der Waals surface area contributed by atoms with Crippen LogP contribution < -0.4 is 16.0 Å². The first-order valence-electron chi connectivity index (χ1n) is 5.84. The molecule has 20 heavy (non-hydrogen) atoms. The molecule has 0 atom stereocenters. The average molecular weight is 304 g/mol. The number of thioether (sulfide) groups is 1. The fraction of sp³-hybridized carbons (Fsp3) is 0.0769. The van der Waals surface area contributed by atoms with E-state index < -0.39 is 0 Å². The number of anilines is 1. The van der Waals surface area contributed by atoms with Crippen molar-refractivity contribution >= 4 is 39.3 Å². The summed E-state index contributed by atoms with van der Waals surface area (Å²) in [6.45, 7) is 0. The van der Waals surface area contributed by atoms with E-state index in [1.165, 1.54) is 16.2 Å². The molecule has 0 spiro atoms. The maximum atomic E-state index is 5.85. The zero-order valence-electron chi connectivity index (χ0n) is 10.7. The molecule has 2 aromatic heterocycles. The molecule has 3 rings (SSSR count). The summed E-state index contributed by atoms with van der Waals surface area (Å²) in [6, 6.07) is 9.77. The molecule has 0 fully saturated rings. The highest BCUT2D eigenvalue weighted by atomic mass is 32.2. The Morgan fingerprint density at radius 2 is 2.00 bits per heavy atom. The number of nitrogens with two attached hydrogens (primary N) is 1. The minimum atomic E-state index is 0.339. The van der Waals surface area contributed by atoms with E-state index in [1.807, 2.05) is 42.0 Å². The van der Waals surface area contributed by atoms with Crippen molar-refractivity contribution in [2.45, 2.75) is 4.90 Å². The highest BCUT2D eigenvalue weighted by Gasteiger charge is 2.10. The second-order valence-electron chi connectivity index (χ2n) is 3.91. The Morgan fingerprint density at radius 3 is 2.70 bits per heavy atom. The number of nitrogens with zero attached hydrogens (tertiary/aromatic N) is 2. The molecule has 1 aromatic carbocycles.